The lowest BCUT2D eigenvalue weighted by molar-refractivity contribution is -0.161. The van der Waals surface area contributed by atoms with Gasteiger partial charge in [-0.2, -0.15) is 0 Å². The standard InChI is InChI=1S/C18H23NO4/c1-23-17(22)18-9-7-11(8-10-18)13-14(18)16(21)19(15(13)20)12-5-3-2-4-6-12/h7,9,11-14H,2-6,8,10H2,1H3/t11-,13+,14+,18-/m0/s1. The minimum absolute atomic E-state index is 0.0310. The molecule has 0 unspecified atom stereocenters. The number of ether oxygens (including phenoxy) is 1. The van der Waals surface area contributed by atoms with E-state index in [1.54, 1.807) is 0 Å². The lowest BCUT2D eigenvalue weighted by Gasteiger charge is -2.45. The van der Waals surface area contributed by atoms with E-state index in [1.807, 2.05) is 12.2 Å². The summed E-state index contributed by atoms with van der Waals surface area (Å²) in [5.41, 5.74) is -0.926. The highest BCUT2D eigenvalue weighted by Crippen LogP contribution is 2.57. The van der Waals surface area contributed by atoms with E-state index in [0.717, 1.165) is 32.1 Å². The number of likely N-dealkylation sites (tertiary alicyclic amines) is 1. The van der Waals surface area contributed by atoms with Crippen molar-refractivity contribution < 1.29 is 19.1 Å². The van der Waals surface area contributed by atoms with Crippen LogP contribution in [0.5, 0.6) is 0 Å². The van der Waals surface area contributed by atoms with E-state index in [2.05, 4.69) is 0 Å². The molecule has 2 saturated carbocycles. The molecule has 1 saturated heterocycles. The Balaban J connectivity index is 1.73. The number of nitrogens with zero attached hydrogens (tertiary/aromatic N) is 1. The molecule has 1 heterocycles. The molecule has 0 aromatic rings. The Morgan fingerprint density at radius 1 is 1.17 bits per heavy atom. The lowest BCUT2D eigenvalue weighted by atomic mass is 9.55. The summed E-state index contributed by atoms with van der Waals surface area (Å²) in [6, 6.07) is 0.0310. The van der Waals surface area contributed by atoms with Crippen LogP contribution in [0.25, 0.3) is 0 Å². The zero-order valence-electron chi connectivity index (χ0n) is 13.5. The molecule has 5 aliphatic rings. The number of carbonyl (C=O) groups excluding carboxylic acids is 3. The molecule has 5 nitrogen and oxygen atoms in total. The summed E-state index contributed by atoms with van der Waals surface area (Å²) < 4.78 is 5.01. The molecule has 2 bridgehead atoms. The molecule has 0 N–H and O–H groups in total. The third-order valence-corrected chi connectivity index (χ3v) is 6.44. The second kappa shape index (κ2) is 5.18. The van der Waals surface area contributed by atoms with E-state index >= 15 is 0 Å². The molecule has 23 heavy (non-hydrogen) atoms. The van der Waals surface area contributed by atoms with Gasteiger partial charge >= 0.3 is 5.97 Å². The van der Waals surface area contributed by atoms with Gasteiger partial charge in [-0.3, -0.25) is 19.3 Å². The summed E-state index contributed by atoms with van der Waals surface area (Å²) >= 11 is 0. The van der Waals surface area contributed by atoms with Crippen molar-refractivity contribution in [3.63, 3.8) is 0 Å². The number of hydrogen-bond acceptors (Lipinski definition) is 4. The van der Waals surface area contributed by atoms with Gasteiger partial charge in [0.2, 0.25) is 11.8 Å². The van der Waals surface area contributed by atoms with Crippen LogP contribution in [0.15, 0.2) is 12.2 Å². The molecule has 0 aromatic heterocycles. The van der Waals surface area contributed by atoms with Crippen molar-refractivity contribution in [2.45, 2.75) is 51.0 Å². The number of rotatable bonds is 2. The Labute approximate surface area is 136 Å². The highest BCUT2D eigenvalue weighted by atomic mass is 16.5. The zero-order chi connectivity index (χ0) is 16.2. The Hall–Kier alpha value is -1.65. The number of imide groups is 1. The van der Waals surface area contributed by atoms with E-state index in [0.29, 0.717) is 6.42 Å². The van der Waals surface area contributed by atoms with E-state index in [9.17, 15) is 14.4 Å². The molecule has 0 aromatic carbocycles. The second-order valence-corrected chi connectivity index (χ2v) is 7.44. The molecule has 0 radical (unpaired) electrons. The van der Waals surface area contributed by atoms with Crippen LogP contribution in [-0.2, 0) is 19.1 Å². The number of esters is 1. The topological polar surface area (TPSA) is 63.7 Å². The molecule has 124 valence electrons. The van der Waals surface area contributed by atoms with Gasteiger partial charge in [-0.05, 0) is 31.6 Å². The van der Waals surface area contributed by atoms with Gasteiger partial charge in [0.05, 0.1) is 24.4 Å². The van der Waals surface area contributed by atoms with Gasteiger partial charge in [0.15, 0.2) is 0 Å². The molecule has 5 heteroatoms. The predicted molar refractivity (Wildman–Crippen MR) is 82.0 cm³/mol. The van der Waals surface area contributed by atoms with Crippen LogP contribution < -0.4 is 0 Å². The van der Waals surface area contributed by atoms with Crippen molar-refractivity contribution in [1.29, 1.82) is 0 Å². The predicted octanol–water partition coefficient (Wildman–Crippen LogP) is 2.06. The third kappa shape index (κ3) is 1.88. The van der Waals surface area contributed by atoms with Gasteiger partial charge in [0.25, 0.3) is 0 Å². The van der Waals surface area contributed by atoms with E-state index in [-0.39, 0.29) is 35.7 Å². The van der Waals surface area contributed by atoms with Crippen LogP contribution >= 0.6 is 0 Å². The smallest absolute Gasteiger partial charge is 0.316 e. The van der Waals surface area contributed by atoms with Crippen LogP contribution in [0.4, 0.5) is 0 Å². The van der Waals surface area contributed by atoms with Crippen molar-refractivity contribution in [2.24, 2.45) is 23.2 Å². The number of hydrogen-bond donors (Lipinski definition) is 0. The Kier molecular flexibility index (Phi) is 3.36. The van der Waals surface area contributed by atoms with Crippen molar-refractivity contribution >= 4 is 17.8 Å². The fourth-order valence-corrected chi connectivity index (χ4v) is 5.31. The summed E-state index contributed by atoms with van der Waals surface area (Å²) in [6.45, 7) is 0. The molecule has 4 atom stereocenters. The number of amides is 2. The first-order valence-corrected chi connectivity index (χ1v) is 8.75. The Morgan fingerprint density at radius 3 is 2.52 bits per heavy atom. The van der Waals surface area contributed by atoms with Gasteiger partial charge in [0, 0.05) is 6.04 Å². The minimum atomic E-state index is -0.926. The summed E-state index contributed by atoms with van der Waals surface area (Å²) in [7, 11) is 1.36. The SMILES string of the molecule is COC(=O)[C@@]12C=C[C@@H](CC1)[C@H]1C(=O)N(C3CCCCC3)C(=O)[C@@H]12. The van der Waals surface area contributed by atoms with Gasteiger partial charge in [-0.25, -0.2) is 0 Å². The summed E-state index contributed by atoms with van der Waals surface area (Å²) in [5.74, 6) is -1.36. The Bertz CT molecular complexity index is 592. The summed E-state index contributed by atoms with van der Waals surface area (Å²) in [5, 5.41) is 0. The van der Waals surface area contributed by atoms with Gasteiger partial charge in [0.1, 0.15) is 0 Å². The maximum absolute atomic E-state index is 13.1. The molecule has 5 rings (SSSR count). The number of methoxy groups -OCH3 is 1. The highest BCUT2D eigenvalue weighted by Gasteiger charge is 2.66. The van der Waals surface area contributed by atoms with Crippen molar-refractivity contribution in [3.05, 3.63) is 12.2 Å². The highest BCUT2D eigenvalue weighted by molar-refractivity contribution is 6.09. The molecule has 4 aliphatic carbocycles. The summed E-state index contributed by atoms with van der Waals surface area (Å²) in [4.78, 5) is 40.1. The van der Waals surface area contributed by atoms with Gasteiger partial charge in [-0.15, -0.1) is 0 Å². The molecule has 3 fully saturated rings. The monoisotopic (exact) mass is 317 g/mol. The first kappa shape index (κ1) is 14.9. The van der Waals surface area contributed by atoms with Crippen LogP contribution in [0, 0.1) is 23.2 Å². The lowest BCUT2D eigenvalue weighted by Crippen LogP contribution is -2.51. The van der Waals surface area contributed by atoms with Gasteiger partial charge in [-0.1, -0.05) is 31.4 Å². The molecule has 1 aliphatic heterocycles. The summed E-state index contributed by atoms with van der Waals surface area (Å²) in [6.07, 6.45) is 10.3. The second-order valence-electron chi connectivity index (χ2n) is 7.44. The quantitative estimate of drug-likeness (QED) is 0.444. The number of allylic oxidation sites excluding steroid dienone is 1. The van der Waals surface area contributed by atoms with Crippen molar-refractivity contribution in [2.75, 3.05) is 7.11 Å². The molecule has 2 amide bonds. The maximum Gasteiger partial charge on any atom is 0.316 e. The zero-order valence-corrected chi connectivity index (χ0v) is 13.5. The average molecular weight is 317 g/mol. The van der Waals surface area contributed by atoms with E-state index in [4.69, 9.17) is 4.74 Å². The molecular weight excluding hydrogens is 294 g/mol. The van der Waals surface area contributed by atoms with Crippen LogP contribution in [0.2, 0.25) is 0 Å². The average Bonchev–Trinajstić information content (AvgIpc) is 2.89. The van der Waals surface area contributed by atoms with E-state index < -0.39 is 11.3 Å². The number of fused-ring (bicyclic) bond motifs is 1. The maximum atomic E-state index is 13.1. The minimum Gasteiger partial charge on any atom is -0.468 e. The fourth-order valence-electron chi connectivity index (χ4n) is 5.31. The Morgan fingerprint density at radius 2 is 1.91 bits per heavy atom. The third-order valence-electron chi connectivity index (χ3n) is 6.44. The van der Waals surface area contributed by atoms with Crippen LogP contribution in [0.1, 0.15) is 44.9 Å². The van der Waals surface area contributed by atoms with Gasteiger partial charge < -0.3 is 4.74 Å². The first-order valence-electron chi connectivity index (χ1n) is 8.75. The van der Waals surface area contributed by atoms with E-state index in [1.165, 1.54) is 18.4 Å². The van der Waals surface area contributed by atoms with Crippen LogP contribution in [0.3, 0.4) is 0 Å². The van der Waals surface area contributed by atoms with Crippen LogP contribution in [-0.4, -0.2) is 35.8 Å². The first-order chi connectivity index (χ1) is 11.1. The fraction of sp³-hybridized carbons (Fsp3) is 0.722. The number of carbonyl (C=O) groups is 3. The molecule has 0 spiro atoms. The van der Waals surface area contributed by atoms with Crippen molar-refractivity contribution in [3.8, 4) is 0 Å². The molecular formula is C18H23NO4. The normalized spacial score (nSPS) is 39.7. The largest absolute Gasteiger partial charge is 0.468 e. The van der Waals surface area contributed by atoms with Crippen molar-refractivity contribution in [1.82, 2.24) is 4.90 Å².